The Balaban J connectivity index is 1.44. The highest BCUT2D eigenvalue weighted by Crippen LogP contribution is 2.45. The monoisotopic (exact) mass is 444 g/mol. The van der Waals surface area contributed by atoms with Crippen LogP contribution < -0.4 is 15.2 Å². The van der Waals surface area contributed by atoms with E-state index in [4.69, 9.17) is 9.88 Å². The molecule has 0 spiro atoms. The Morgan fingerprint density at radius 3 is 2.97 bits per heavy atom. The summed E-state index contributed by atoms with van der Waals surface area (Å²) in [5.41, 5.74) is 5.78. The number of carbonyl (C=O) groups excluding carboxylic acids is 1. The van der Waals surface area contributed by atoms with Gasteiger partial charge in [-0.2, -0.15) is 5.10 Å². The molecule has 1 aliphatic heterocycles. The molecule has 2 amide bonds. The Bertz CT molecular complexity index is 1190. The predicted octanol–water partition coefficient (Wildman–Crippen LogP) is 2.46. The zero-order valence-electron chi connectivity index (χ0n) is 18.1. The molecule has 0 saturated heterocycles. The third-order valence-electron chi connectivity index (χ3n) is 6.36. The lowest BCUT2D eigenvalue weighted by atomic mass is 9.75. The van der Waals surface area contributed by atoms with E-state index in [2.05, 4.69) is 27.8 Å². The molecule has 166 valence electrons. The van der Waals surface area contributed by atoms with Crippen LogP contribution in [0.2, 0.25) is 0 Å². The van der Waals surface area contributed by atoms with Crippen LogP contribution in [0.3, 0.4) is 0 Å². The van der Waals surface area contributed by atoms with E-state index in [1.54, 1.807) is 4.68 Å². The van der Waals surface area contributed by atoms with Crippen LogP contribution >= 0.6 is 0 Å². The Hall–Kier alpha value is -2.43. The van der Waals surface area contributed by atoms with Gasteiger partial charge in [0.25, 0.3) is 0 Å². The number of carbonyl (C=O) groups is 1. The largest absolute Gasteiger partial charge is 0.475 e. The molecular weight excluding hydrogens is 416 g/mol. The molecule has 2 heterocycles. The van der Waals surface area contributed by atoms with E-state index in [1.807, 2.05) is 19.0 Å². The van der Waals surface area contributed by atoms with E-state index in [0.29, 0.717) is 18.4 Å². The number of ether oxygens (including phenoxy) is 1. The number of nitrogens with one attached hydrogen (secondary N) is 1. The van der Waals surface area contributed by atoms with Gasteiger partial charge in [0.1, 0.15) is 17.5 Å². The molecule has 2 aromatic rings. The summed E-state index contributed by atoms with van der Waals surface area (Å²) in [7, 11) is 0.419. The van der Waals surface area contributed by atoms with Crippen molar-refractivity contribution in [2.24, 2.45) is 9.50 Å². The maximum absolute atomic E-state index is 13.2. The number of nitrogens with two attached hydrogens (primary N) is 1. The Morgan fingerprint density at radius 2 is 2.23 bits per heavy atom. The molecule has 0 bridgehead atoms. The van der Waals surface area contributed by atoms with Crippen LogP contribution in [0, 0.1) is 0 Å². The third-order valence-corrected chi connectivity index (χ3v) is 7.71. The van der Waals surface area contributed by atoms with Crippen LogP contribution in [0.1, 0.15) is 47.6 Å². The molecule has 1 aromatic heterocycles. The molecule has 0 fully saturated rings. The number of hydrogen-bond donors (Lipinski definition) is 2. The molecule has 5 rings (SSSR count). The lowest BCUT2D eigenvalue weighted by Gasteiger charge is -2.31. The Morgan fingerprint density at radius 1 is 1.42 bits per heavy atom. The SMILES string of the molecule is C[C@H]1Cc2cc3c(c(NC(=O)N=S(N)(=O)c4cnn5c4OC[C@@H]5CN(C)C)c21)CCC3. The second-order valence-corrected chi connectivity index (χ2v) is 10.8. The maximum atomic E-state index is 13.2. The van der Waals surface area contributed by atoms with Crippen LogP contribution in [-0.4, -0.2) is 52.2 Å². The number of anilines is 1. The minimum absolute atomic E-state index is 0.00462. The van der Waals surface area contributed by atoms with Gasteiger partial charge in [-0.25, -0.2) is 18.8 Å². The summed E-state index contributed by atoms with van der Waals surface area (Å²) >= 11 is 0. The number of rotatable bonds is 4. The highest BCUT2D eigenvalue weighted by molar-refractivity contribution is 7.91. The van der Waals surface area contributed by atoms with Gasteiger partial charge < -0.3 is 15.0 Å². The van der Waals surface area contributed by atoms with Crippen molar-refractivity contribution >= 4 is 21.6 Å². The molecule has 3 N–H and O–H groups in total. The lowest BCUT2D eigenvalue weighted by molar-refractivity contribution is 0.260. The van der Waals surface area contributed by atoms with Crippen LogP contribution in [0.15, 0.2) is 21.5 Å². The average Bonchev–Trinajstić information content (AvgIpc) is 3.37. The van der Waals surface area contributed by atoms with Crippen molar-refractivity contribution in [2.75, 3.05) is 32.6 Å². The number of benzene rings is 1. The standard InChI is InChI=1S/C21H28N6O3S/c1-12-7-14-8-13-5-4-6-16(13)19(18(12)14)24-21(28)25-31(22,29)17-9-23-27-15(10-26(2)3)11-30-20(17)27/h8-9,12,15H,4-7,10-11H2,1-3H3,(H3,22,24,25,28,29)/t12-,15-,31?/m0/s1. The van der Waals surface area contributed by atoms with Crippen LogP contribution in [0.4, 0.5) is 10.5 Å². The molecule has 31 heavy (non-hydrogen) atoms. The van der Waals surface area contributed by atoms with Gasteiger partial charge in [0.2, 0.25) is 5.88 Å². The first-order valence-electron chi connectivity index (χ1n) is 10.6. The molecule has 3 aliphatic rings. The predicted molar refractivity (Wildman–Crippen MR) is 118 cm³/mol. The highest BCUT2D eigenvalue weighted by atomic mass is 32.2. The third kappa shape index (κ3) is 3.42. The van der Waals surface area contributed by atoms with E-state index in [1.165, 1.54) is 28.5 Å². The van der Waals surface area contributed by atoms with Crippen molar-refractivity contribution < 1.29 is 13.7 Å². The summed E-state index contributed by atoms with van der Waals surface area (Å²) in [5, 5.41) is 13.2. The zero-order valence-corrected chi connectivity index (χ0v) is 18.9. The quantitative estimate of drug-likeness (QED) is 0.752. The van der Waals surface area contributed by atoms with E-state index in [0.717, 1.165) is 37.9 Å². The lowest BCUT2D eigenvalue weighted by Crippen LogP contribution is -2.24. The van der Waals surface area contributed by atoms with Gasteiger partial charge >= 0.3 is 6.03 Å². The number of hydrogen-bond acceptors (Lipinski definition) is 5. The number of likely N-dealkylation sites (N-methyl/N-ethyl adjacent to an activating group) is 1. The van der Waals surface area contributed by atoms with E-state index >= 15 is 0 Å². The number of amides is 2. The van der Waals surface area contributed by atoms with Gasteiger partial charge in [-0.05, 0) is 68.0 Å². The molecule has 1 unspecified atom stereocenters. The number of urea groups is 1. The van der Waals surface area contributed by atoms with Gasteiger partial charge in [0, 0.05) is 12.2 Å². The first kappa shape index (κ1) is 20.5. The zero-order chi connectivity index (χ0) is 21.9. The highest BCUT2D eigenvalue weighted by Gasteiger charge is 2.33. The normalized spacial score (nSPS) is 22.7. The van der Waals surface area contributed by atoms with Crippen molar-refractivity contribution in [3.05, 3.63) is 34.5 Å². The second kappa shape index (κ2) is 7.32. The van der Waals surface area contributed by atoms with Gasteiger partial charge in [0.05, 0.1) is 6.20 Å². The van der Waals surface area contributed by atoms with E-state index in [9.17, 15) is 9.00 Å². The summed E-state index contributed by atoms with van der Waals surface area (Å²) in [4.78, 5) is 15.0. The molecule has 9 nitrogen and oxygen atoms in total. The minimum Gasteiger partial charge on any atom is -0.475 e. The first-order chi connectivity index (χ1) is 14.7. The number of fused-ring (bicyclic) bond motifs is 3. The average molecular weight is 445 g/mol. The van der Waals surface area contributed by atoms with Crippen molar-refractivity contribution in [2.45, 2.75) is 49.5 Å². The molecule has 3 atom stereocenters. The Labute approximate surface area is 182 Å². The summed E-state index contributed by atoms with van der Waals surface area (Å²) in [6, 6.07) is 1.57. The molecule has 2 aliphatic carbocycles. The number of aromatic nitrogens is 2. The molecular formula is C21H28N6O3S. The van der Waals surface area contributed by atoms with Crippen molar-refractivity contribution in [1.82, 2.24) is 14.7 Å². The summed E-state index contributed by atoms with van der Waals surface area (Å²) < 4.78 is 24.5. The number of nitrogens with zero attached hydrogens (tertiary/aromatic N) is 4. The summed E-state index contributed by atoms with van der Waals surface area (Å²) in [6.07, 6.45) is 5.45. The van der Waals surface area contributed by atoms with E-state index in [-0.39, 0.29) is 10.9 Å². The topological polar surface area (TPSA) is 115 Å². The summed E-state index contributed by atoms with van der Waals surface area (Å²) in [6.45, 7) is 3.29. The van der Waals surface area contributed by atoms with Crippen LogP contribution in [0.5, 0.6) is 5.88 Å². The van der Waals surface area contributed by atoms with Crippen molar-refractivity contribution in [3.8, 4) is 5.88 Å². The van der Waals surface area contributed by atoms with Crippen LogP contribution in [0.25, 0.3) is 0 Å². The van der Waals surface area contributed by atoms with Crippen LogP contribution in [-0.2, 0) is 29.2 Å². The van der Waals surface area contributed by atoms with Crippen molar-refractivity contribution in [3.63, 3.8) is 0 Å². The smallest absolute Gasteiger partial charge is 0.354 e. The summed E-state index contributed by atoms with van der Waals surface area (Å²) in [5.74, 6) is 0.716. The minimum atomic E-state index is -3.50. The van der Waals surface area contributed by atoms with Gasteiger partial charge in [-0.15, -0.1) is 4.36 Å². The maximum Gasteiger partial charge on any atom is 0.354 e. The fourth-order valence-corrected chi connectivity index (χ4v) is 6.02. The van der Waals surface area contributed by atoms with Gasteiger partial charge in [0.15, 0.2) is 9.92 Å². The van der Waals surface area contributed by atoms with Gasteiger partial charge in [-0.3, -0.25) is 0 Å². The fraction of sp³-hybridized carbons (Fsp3) is 0.524. The Kier molecular flexibility index (Phi) is 4.83. The molecule has 1 aromatic carbocycles. The van der Waals surface area contributed by atoms with Crippen molar-refractivity contribution in [1.29, 1.82) is 0 Å². The van der Waals surface area contributed by atoms with E-state index < -0.39 is 15.9 Å². The number of aryl methyl sites for hydroxylation is 1. The first-order valence-corrected chi connectivity index (χ1v) is 12.2. The second-order valence-electron chi connectivity index (χ2n) is 9.00. The fourth-order valence-electron chi connectivity index (χ4n) is 5.03. The van der Waals surface area contributed by atoms with Gasteiger partial charge in [-0.1, -0.05) is 13.0 Å². The molecule has 10 heteroatoms. The molecule has 0 saturated carbocycles. The molecule has 0 radical (unpaired) electrons.